The maximum atomic E-state index is 14.2. The number of carbonyl (C=O) groups is 1. The van der Waals surface area contributed by atoms with Crippen molar-refractivity contribution < 1.29 is 27.1 Å². The zero-order chi connectivity index (χ0) is 35.7. The number of hydrogen-bond donors (Lipinski definition) is 2. The molecule has 3 aliphatic rings. The van der Waals surface area contributed by atoms with Gasteiger partial charge in [-0.3, -0.25) is 9.78 Å². The van der Waals surface area contributed by atoms with E-state index < -0.39 is 17.5 Å². The highest BCUT2D eigenvalue weighted by Gasteiger charge is 2.45. The molecular formula is C38H31F3N6O4S. The van der Waals surface area contributed by atoms with E-state index in [1.54, 1.807) is 19.4 Å². The first-order valence-corrected chi connectivity index (χ1v) is 17.9. The molecule has 10 nitrogen and oxygen atoms in total. The molecule has 2 N–H and O–H groups in total. The van der Waals surface area contributed by atoms with E-state index in [0.29, 0.717) is 46.0 Å². The van der Waals surface area contributed by atoms with Crippen molar-refractivity contribution in [3.63, 3.8) is 0 Å². The maximum Gasteiger partial charge on any atom is 0.434 e. The van der Waals surface area contributed by atoms with E-state index in [-0.39, 0.29) is 36.7 Å². The number of benzene rings is 2. The van der Waals surface area contributed by atoms with Crippen LogP contribution in [0.2, 0.25) is 0 Å². The topological polar surface area (TPSA) is 126 Å². The molecule has 1 fully saturated rings. The highest BCUT2D eigenvalue weighted by molar-refractivity contribution is 7.23. The summed E-state index contributed by atoms with van der Waals surface area (Å²) in [5.41, 5.74) is 4.52. The maximum absolute atomic E-state index is 14.2. The van der Waals surface area contributed by atoms with Crippen molar-refractivity contribution >= 4 is 33.1 Å². The minimum absolute atomic E-state index is 0.0176. The molecule has 0 unspecified atom stereocenters. The molecule has 0 bridgehead atoms. The molecular weight excluding hydrogens is 694 g/mol. The number of methoxy groups -OCH3 is 1. The number of aromatic amines is 1. The molecule has 4 aromatic heterocycles. The van der Waals surface area contributed by atoms with Crippen molar-refractivity contribution in [3.8, 4) is 27.6 Å². The van der Waals surface area contributed by atoms with Gasteiger partial charge in [0, 0.05) is 23.2 Å². The molecule has 1 saturated heterocycles. The van der Waals surface area contributed by atoms with Crippen LogP contribution in [0.15, 0.2) is 70.0 Å². The van der Waals surface area contributed by atoms with Crippen LogP contribution in [0.1, 0.15) is 75.3 Å². The molecule has 0 spiro atoms. The Morgan fingerprint density at radius 1 is 1.06 bits per heavy atom. The monoisotopic (exact) mass is 724 g/mol. The number of aryl methyl sites for hydroxylation is 2. The predicted molar refractivity (Wildman–Crippen MR) is 189 cm³/mol. The number of alkyl halides is 3. The van der Waals surface area contributed by atoms with Crippen molar-refractivity contribution in [2.75, 3.05) is 19.0 Å². The van der Waals surface area contributed by atoms with Gasteiger partial charge in [0.25, 0.3) is 11.8 Å². The molecule has 2 aromatic carbocycles. The highest BCUT2D eigenvalue weighted by atomic mass is 32.1. The number of thiophene rings is 1. The van der Waals surface area contributed by atoms with Crippen LogP contribution in [0.25, 0.3) is 32.0 Å². The Balaban J connectivity index is 1.19. The van der Waals surface area contributed by atoms with E-state index in [1.165, 1.54) is 23.0 Å². The molecule has 1 amide bonds. The third kappa shape index (κ3) is 5.35. The number of aromatic nitrogens is 4. The average Bonchev–Trinajstić information content (AvgIpc) is 3.98. The second kappa shape index (κ2) is 12.3. The molecule has 2 atom stereocenters. The number of nitrogens with one attached hydrogen (secondary N) is 2. The van der Waals surface area contributed by atoms with Crippen LogP contribution >= 0.6 is 11.3 Å². The Morgan fingerprint density at radius 3 is 2.73 bits per heavy atom. The summed E-state index contributed by atoms with van der Waals surface area (Å²) in [6, 6.07) is 15.0. The smallest absolute Gasteiger partial charge is 0.434 e. The second-order valence-electron chi connectivity index (χ2n) is 13.3. The fourth-order valence-corrected chi connectivity index (χ4v) is 9.19. The number of H-pyrrole nitrogens is 1. The summed E-state index contributed by atoms with van der Waals surface area (Å²) in [5.74, 6) is 0.584. The van der Waals surface area contributed by atoms with Gasteiger partial charge >= 0.3 is 11.9 Å². The number of halogens is 3. The van der Waals surface area contributed by atoms with Gasteiger partial charge in [-0.1, -0.05) is 30.3 Å². The lowest BCUT2D eigenvalue weighted by Crippen LogP contribution is -2.22. The quantitative estimate of drug-likeness (QED) is 0.162. The van der Waals surface area contributed by atoms with Crippen molar-refractivity contribution in [3.05, 3.63) is 111 Å². The highest BCUT2D eigenvalue weighted by Crippen LogP contribution is 2.50. The van der Waals surface area contributed by atoms with E-state index in [4.69, 9.17) is 19.1 Å². The van der Waals surface area contributed by atoms with Gasteiger partial charge in [0.05, 0.1) is 52.0 Å². The molecule has 0 saturated carbocycles. The third-order valence-electron chi connectivity index (χ3n) is 10.3. The number of amides is 1. The first-order valence-electron chi connectivity index (χ1n) is 17.1. The standard InChI is InChI=1S/C38H31F3N6O4S/c1-50-27-9-3-7-22-23(27)11-13-24(22)44-34-33-20(14-15-42-34)18-28(52-33)30-29(35-45-46-37(49)51-35)25(12-10-19-5-2-6-21(17-19)38(39,40)41)43-32-26-8-4-16-47(26)36(48)31(30)32/h2-3,5-7,9,14-15,17-18,24,26H,4,8,10-13,16H2,1H3,(H,42,44)(H,46,49)/t24-,26+/m0/s1. The lowest BCUT2D eigenvalue weighted by molar-refractivity contribution is -0.137. The number of carbonyl (C=O) groups excluding carboxylic acids is 1. The molecule has 6 heterocycles. The number of pyridine rings is 2. The summed E-state index contributed by atoms with van der Waals surface area (Å²) in [6.07, 6.45) is 1.00. The number of ether oxygens (including phenoxy) is 1. The second-order valence-corrected chi connectivity index (χ2v) is 14.3. The van der Waals surface area contributed by atoms with Gasteiger partial charge in [0.2, 0.25) is 0 Å². The van der Waals surface area contributed by atoms with Crippen LogP contribution in [0.4, 0.5) is 19.0 Å². The van der Waals surface area contributed by atoms with E-state index in [2.05, 4.69) is 21.6 Å². The fraction of sp³-hybridized carbons (Fsp3) is 0.289. The van der Waals surface area contributed by atoms with Crippen molar-refractivity contribution in [2.24, 2.45) is 0 Å². The van der Waals surface area contributed by atoms with Crippen LogP contribution in [0, 0.1) is 0 Å². The van der Waals surface area contributed by atoms with Gasteiger partial charge in [-0.05, 0) is 84.9 Å². The number of nitrogens with zero attached hydrogens (tertiary/aromatic N) is 4. The SMILES string of the molecule is COc1cccc2c1CC[C@@H]2Nc1nccc2cc(-c3c4c(nc(CCc5cccc(C(F)(F)F)c5)c3-c3n[nH]c(=O)o3)[C@H]3CCCN3C4=O)sc12. The summed E-state index contributed by atoms with van der Waals surface area (Å²) in [5, 5.41) is 11.1. The molecule has 1 aliphatic carbocycles. The Hall–Kier alpha value is -5.50. The summed E-state index contributed by atoms with van der Waals surface area (Å²) >= 11 is 1.46. The lowest BCUT2D eigenvalue weighted by Gasteiger charge is -2.16. The van der Waals surface area contributed by atoms with Crippen LogP contribution in [-0.2, 0) is 25.4 Å². The average molecular weight is 725 g/mol. The first-order chi connectivity index (χ1) is 25.2. The Labute approximate surface area is 298 Å². The van der Waals surface area contributed by atoms with Crippen molar-refractivity contribution in [1.82, 2.24) is 25.1 Å². The zero-order valence-electron chi connectivity index (χ0n) is 27.8. The lowest BCUT2D eigenvalue weighted by atomic mass is 9.92. The first kappa shape index (κ1) is 32.4. The van der Waals surface area contributed by atoms with Crippen LogP contribution in [0.3, 0.4) is 0 Å². The minimum Gasteiger partial charge on any atom is -0.496 e. The molecule has 14 heteroatoms. The summed E-state index contributed by atoms with van der Waals surface area (Å²) in [7, 11) is 1.68. The minimum atomic E-state index is -4.48. The van der Waals surface area contributed by atoms with E-state index in [9.17, 15) is 22.8 Å². The summed E-state index contributed by atoms with van der Waals surface area (Å²) < 4.78 is 52.8. The van der Waals surface area contributed by atoms with Crippen molar-refractivity contribution in [2.45, 2.75) is 56.8 Å². The van der Waals surface area contributed by atoms with E-state index >= 15 is 0 Å². The predicted octanol–water partition coefficient (Wildman–Crippen LogP) is 7.90. The number of rotatable bonds is 8. The van der Waals surface area contributed by atoms with Crippen molar-refractivity contribution in [1.29, 1.82) is 0 Å². The molecule has 52 heavy (non-hydrogen) atoms. The Kier molecular flexibility index (Phi) is 7.68. The third-order valence-corrected chi connectivity index (χ3v) is 11.5. The normalized spacial score (nSPS) is 17.8. The van der Waals surface area contributed by atoms with Gasteiger partial charge in [-0.2, -0.15) is 13.2 Å². The molecule has 9 rings (SSSR count). The van der Waals surface area contributed by atoms with Crippen LogP contribution in [-0.4, -0.2) is 44.6 Å². The van der Waals surface area contributed by atoms with Gasteiger partial charge in [0.1, 0.15) is 11.6 Å². The van der Waals surface area contributed by atoms with E-state index in [1.807, 2.05) is 29.2 Å². The van der Waals surface area contributed by atoms with Gasteiger partial charge in [-0.15, -0.1) is 16.4 Å². The number of anilines is 1. The van der Waals surface area contributed by atoms with Gasteiger partial charge in [-0.25, -0.2) is 14.9 Å². The molecule has 0 radical (unpaired) electrons. The van der Waals surface area contributed by atoms with Gasteiger partial charge < -0.3 is 19.4 Å². The van der Waals surface area contributed by atoms with Crippen LogP contribution in [0.5, 0.6) is 5.75 Å². The molecule has 2 aliphatic heterocycles. The molecule has 6 aromatic rings. The Morgan fingerprint density at radius 2 is 1.92 bits per heavy atom. The molecule has 264 valence electrons. The van der Waals surface area contributed by atoms with Gasteiger partial charge in [0.15, 0.2) is 0 Å². The number of hydrogen-bond acceptors (Lipinski definition) is 9. The summed E-state index contributed by atoms with van der Waals surface area (Å²) in [6.45, 7) is 0.587. The summed E-state index contributed by atoms with van der Waals surface area (Å²) in [4.78, 5) is 38.9. The Bertz CT molecular complexity index is 2450. The largest absolute Gasteiger partial charge is 0.496 e. The number of fused-ring (bicyclic) bond motifs is 5. The fourth-order valence-electron chi connectivity index (χ4n) is 8.03. The zero-order valence-corrected chi connectivity index (χ0v) is 28.7. The van der Waals surface area contributed by atoms with Crippen LogP contribution < -0.4 is 15.8 Å². The van der Waals surface area contributed by atoms with E-state index in [0.717, 1.165) is 64.1 Å².